The molecule has 0 saturated heterocycles. The van der Waals surface area contributed by atoms with Crippen LogP contribution in [0.25, 0.3) is 11.1 Å². The van der Waals surface area contributed by atoms with E-state index in [9.17, 15) is 9.59 Å². The number of ether oxygens (including phenoxy) is 1. The molecule has 2 aromatic carbocycles. The average molecular weight is 516 g/mol. The van der Waals surface area contributed by atoms with E-state index in [0.717, 1.165) is 16.8 Å². The molecule has 3 aromatic rings. The Morgan fingerprint density at radius 2 is 1.80 bits per heavy atom. The van der Waals surface area contributed by atoms with Crippen molar-refractivity contribution in [1.29, 1.82) is 0 Å². The molecule has 184 valence electrons. The van der Waals surface area contributed by atoms with Crippen LogP contribution in [0.3, 0.4) is 0 Å². The van der Waals surface area contributed by atoms with Crippen molar-refractivity contribution in [2.45, 2.75) is 26.3 Å². The summed E-state index contributed by atoms with van der Waals surface area (Å²) < 4.78 is 5.93. The van der Waals surface area contributed by atoms with E-state index >= 15 is 0 Å². The lowest BCUT2D eigenvalue weighted by molar-refractivity contribution is -0.136. The highest BCUT2D eigenvalue weighted by molar-refractivity contribution is 6.36. The fourth-order valence-electron chi connectivity index (χ4n) is 3.24. The van der Waals surface area contributed by atoms with Crippen LogP contribution in [0.2, 0.25) is 10.0 Å². The quantitative estimate of drug-likeness (QED) is 0.299. The van der Waals surface area contributed by atoms with Gasteiger partial charge in [0.05, 0.1) is 12.5 Å². The highest BCUT2D eigenvalue weighted by atomic mass is 35.5. The largest absolute Gasteiger partial charge is 0.481 e. The van der Waals surface area contributed by atoms with E-state index in [2.05, 4.69) is 29.5 Å². The number of nitrogens with zero attached hydrogens (tertiary/aromatic N) is 1. The normalized spacial score (nSPS) is 11.7. The summed E-state index contributed by atoms with van der Waals surface area (Å²) in [5, 5.41) is 15.8. The summed E-state index contributed by atoms with van der Waals surface area (Å²) in [5.41, 5.74) is 3.01. The molecule has 7 nitrogen and oxygen atoms in total. The number of carboxylic acids is 1. The van der Waals surface area contributed by atoms with Crippen molar-refractivity contribution in [2.24, 2.45) is 5.92 Å². The van der Waals surface area contributed by atoms with Crippen LogP contribution in [0.1, 0.15) is 30.6 Å². The molecular formula is C26H27Cl2N3O4. The number of aliphatic carboxylic acids is 1. The molecule has 0 unspecified atom stereocenters. The van der Waals surface area contributed by atoms with Crippen molar-refractivity contribution in [2.75, 3.05) is 18.5 Å². The third-order valence-electron chi connectivity index (χ3n) is 5.32. The molecule has 0 aliphatic carbocycles. The number of rotatable bonds is 11. The number of anilines is 1. The highest BCUT2D eigenvalue weighted by Gasteiger charge is 2.15. The molecule has 0 aliphatic heterocycles. The molecule has 1 aromatic heterocycles. The Morgan fingerprint density at radius 3 is 2.40 bits per heavy atom. The second-order valence-electron chi connectivity index (χ2n) is 8.29. The van der Waals surface area contributed by atoms with E-state index in [4.69, 9.17) is 33.0 Å². The Balaban J connectivity index is 1.56. The monoisotopic (exact) mass is 515 g/mol. The molecule has 0 radical (unpaired) electrons. The number of carbonyl (C=O) groups is 2. The SMILES string of the molecule is CC(C)[C@@H](COc1ccc(-c2ccc(Cl)cc2Cl)cn1)Nc1ccc(C(=O)NCCC(=O)O)cc1. The molecule has 0 fully saturated rings. The third kappa shape index (κ3) is 7.87. The molecule has 1 atom stereocenters. The van der Waals surface area contributed by atoms with E-state index in [0.29, 0.717) is 28.1 Å². The van der Waals surface area contributed by atoms with E-state index in [1.807, 2.05) is 24.3 Å². The van der Waals surface area contributed by atoms with Crippen molar-refractivity contribution in [3.8, 4) is 17.0 Å². The van der Waals surface area contributed by atoms with Gasteiger partial charge in [-0.05, 0) is 48.4 Å². The smallest absolute Gasteiger partial charge is 0.305 e. The van der Waals surface area contributed by atoms with Crippen molar-refractivity contribution >= 4 is 40.8 Å². The molecule has 3 N–H and O–H groups in total. The summed E-state index contributed by atoms with van der Waals surface area (Å²) in [6.45, 7) is 4.65. The van der Waals surface area contributed by atoms with Crippen LogP contribution >= 0.6 is 23.2 Å². The number of hydrogen-bond donors (Lipinski definition) is 3. The summed E-state index contributed by atoms with van der Waals surface area (Å²) in [4.78, 5) is 27.1. The number of halogens is 2. The Hall–Kier alpha value is -3.29. The van der Waals surface area contributed by atoms with Gasteiger partial charge in [0, 0.05) is 51.2 Å². The van der Waals surface area contributed by atoms with E-state index in [1.54, 1.807) is 36.5 Å². The van der Waals surface area contributed by atoms with Gasteiger partial charge in [-0.1, -0.05) is 43.1 Å². The van der Waals surface area contributed by atoms with Crippen LogP contribution in [-0.2, 0) is 4.79 Å². The second-order valence-corrected chi connectivity index (χ2v) is 9.14. The zero-order valence-electron chi connectivity index (χ0n) is 19.4. The van der Waals surface area contributed by atoms with Gasteiger partial charge < -0.3 is 20.5 Å². The molecule has 3 rings (SSSR count). The lowest BCUT2D eigenvalue weighted by Gasteiger charge is -2.23. The highest BCUT2D eigenvalue weighted by Crippen LogP contribution is 2.30. The van der Waals surface area contributed by atoms with Crippen LogP contribution in [0.15, 0.2) is 60.8 Å². The Kier molecular flexibility index (Phi) is 9.34. The van der Waals surface area contributed by atoms with E-state index < -0.39 is 5.97 Å². The Morgan fingerprint density at radius 1 is 1.06 bits per heavy atom. The van der Waals surface area contributed by atoms with Gasteiger partial charge in [0.25, 0.3) is 5.91 Å². The molecule has 1 heterocycles. The van der Waals surface area contributed by atoms with Crippen molar-refractivity contribution in [3.05, 3.63) is 76.4 Å². The third-order valence-corrected chi connectivity index (χ3v) is 5.87. The summed E-state index contributed by atoms with van der Waals surface area (Å²) in [5.74, 6) is -0.499. The first-order chi connectivity index (χ1) is 16.7. The maximum absolute atomic E-state index is 12.1. The summed E-state index contributed by atoms with van der Waals surface area (Å²) in [7, 11) is 0. The van der Waals surface area contributed by atoms with Crippen LogP contribution < -0.4 is 15.4 Å². The van der Waals surface area contributed by atoms with Gasteiger partial charge in [0.15, 0.2) is 0 Å². The van der Waals surface area contributed by atoms with Crippen molar-refractivity contribution in [1.82, 2.24) is 10.3 Å². The summed E-state index contributed by atoms with van der Waals surface area (Å²) in [6, 6.07) is 16.0. The van der Waals surface area contributed by atoms with Gasteiger partial charge >= 0.3 is 5.97 Å². The zero-order valence-corrected chi connectivity index (χ0v) is 20.9. The predicted molar refractivity (Wildman–Crippen MR) is 138 cm³/mol. The minimum absolute atomic E-state index is 0.00238. The number of hydrogen-bond acceptors (Lipinski definition) is 5. The Labute approximate surface area is 214 Å². The number of benzene rings is 2. The summed E-state index contributed by atoms with van der Waals surface area (Å²) in [6.07, 6.45) is 1.59. The lowest BCUT2D eigenvalue weighted by Crippen LogP contribution is -2.32. The van der Waals surface area contributed by atoms with Gasteiger partial charge in [0.2, 0.25) is 5.88 Å². The first-order valence-corrected chi connectivity index (χ1v) is 11.9. The average Bonchev–Trinajstić information content (AvgIpc) is 2.82. The molecule has 0 spiro atoms. The fourth-order valence-corrected chi connectivity index (χ4v) is 3.76. The molecular weight excluding hydrogens is 489 g/mol. The zero-order chi connectivity index (χ0) is 25.4. The number of aromatic nitrogens is 1. The predicted octanol–water partition coefficient (Wildman–Crippen LogP) is 5.78. The molecule has 0 aliphatic rings. The van der Waals surface area contributed by atoms with Crippen molar-refractivity contribution in [3.63, 3.8) is 0 Å². The first-order valence-electron chi connectivity index (χ1n) is 11.1. The van der Waals surface area contributed by atoms with Gasteiger partial charge in [-0.15, -0.1) is 0 Å². The van der Waals surface area contributed by atoms with E-state index in [-0.39, 0.29) is 30.8 Å². The Bertz CT molecular complexity index is 1150. The minimum atomic E-state index is -0.955. The van der Waals surface area contributed by atoms with Crippen LogP contribution in [-0.4, -0.2) is 41.2 Å². The van der Waals surface area contributed by atoms with Gasteiger partial charge in [0.1, 0.15) is 6.61 Å². The lowest BCUT2D eigenvalue weighted by atomic mass is 10.0. The number of amides is 1. The number of carbonyl (C=O) groups excluding carboxylic acids is 1. The molecule has 1 amide bonds. The second kappa shape index (κ2) is 12.4. The van der Waals surface area contributed by atoms with Crippen molar-refractivity contribution < 1.29 is 19.4 Å². The maximum atomic E-state index is 12.1. The number of carboxylic acid groups (broad SMARTS) is 1. The molecule has 9 heteroatoms. The van der Waals surface area contributed by atoms with Crippen LogP contribution in [0.5, 0.6) is 5.88 Å². The molecule has 0 saturated carbocycles. The summed E-state index contributed by atoms with van der Waals surface area (Å²) >= 11 is 12.3. The minimum Gasteiger partial charge on any atom is -0.481 e. The van der Waals surface area contributed by atoms with Gasteiger partial charge in [-0.2, -0.15) is 0 Å². The van der Waals surface area contributed by atoms with Crippen LogP contribution in [0, 0.1) is 5.92 Å². The number of nitrogens with one attached hydrogen (secondary N) is 2. The molecule has 35 heavy (non-hydrogen) atoms. The fraction of sp³-hybridized carbons (Fsp3) is 0.269. The van der Waals surface area contributed by atoms with Gasteiger partial charge in [-0.25, -0.2) is 4.98 Å². The maximum Gasteiger partial charge on any atom is 0.305 e. The van der Waals surface area contributed by atoms with E-state index in [1.165, 1.54) is 0 Å². The van der Waals surface area contributed by atoms with Crippen LogP contribution in [0.4, 0.5) is 5.69 Å². The number of pyridine rings is 1. The topological polar surface area (TPSA) is 101 Å². The molecule has 0 bridgehead atoms. The van der Waals surface area contributed by atoms with Gasteiger partial charge in [-0.3, -0.25) is 9.59 Å². The first kappa shape index (κ1) is 26.3. The standard InChI is InChI=1S/C26H27Cl2N3O4/c1-16(2)23(31-20-7-3-17(4-8-20)26(34)29-12-11-25(32)33)15-35-24-10-5-18(14-30-24)21-9-6-19(27)13-22(21)28/h3-10,13-14,16,23,31H,11-12,15H2,1-2H3,(H,29,34)(H,32,33)/t23-/m1/s1.